The fraction of sp³-hybridized carbons (Fsp3) is 0.375. The molecular weight excluding hydrogens is 306 g/mol. The van der Waals surface area contributed by atoms with Gasteiger partial charge in [-0.1, -0.05) is 35.9 Å². The fourth-order valence-electron chi connectivity index (χ4n) is 3.91. The molecule has 6 heteroatoms. The first-order valence-corrected chi connectivity index (χ1v) is 7.45. The molecule has 3 aliphatic rings. The van der Waals surface area contributed by atoms with E-state index < -0.39 is 23.0 Å². The Morgan fingerprint density at radius 3 is 2.59 bits per heavy atom. The van der Waals surface area contributed by atoms with Crippen LogP contribution in [0.1, 0.15) is 6.92 Å². The lowest BCUT2D eigenvalue weighted by Gasteiger charge is -2.27. The predicted octanol–water partition coefficient (Wildman–Crippen LogP) is 1.54. The number of amides is 2. The Balaban J connectivity index is 1.84. The number of imide groups is 1. The maximum atomic E-state index is 12.9. The van der Waals surface area contributed by atoms with Gasteiger partial charge in [0.05, 0.1) is 34.8 Å². The average Bonchev–Trinajstić information content (AvgIpc) is 3.07. The molecule has 4 atom stereocenters. The molecule has 3 aliphatic heterocycles. The maximum Gasteiger partial charge on any atom is 0.241 e. The molecule has 1 N–H and O–H groups in total. The van der Waals surface area contributed by atoms with E-state index in [0.717, 1.165) is 4.90 Å². The zero-order valence-corrected chi connectivity index (χ0v) is 12.6. The van der Waals surface area contributed by atoms with Crippen molar-refractivity contribution in [3.05, 3.63) is 41.4 Å². The summed E-state index contributed by atoms with van der Waals surface area (Å²) in [6.45, 7) is 1.43. The third-order valence-electron chi connectivity index (χ3n) is 4.90. The summed E-state index contributed by atoms with van der Waals surface area (Å²) < 4.78 is 5.86. The summed E-state index contributed by atoms with van der Waals surface area (Å²) >= 11 is 6.14. The van der Waals surface area contributed by atoms with Crippen LogP contribution in [0.25, 0.3) is 0 Å². The average molecular weight is 320 g/mol. The Bertz CT molecular complexity index is 733. The Labute approximate surface area is 132 Å². The number of para-hydroxylation sites is 1. The van der Waals surface area contributed by atoms with Crippen LogP contribution in [0.3, 0.4) is 0 Å². The highest BCUT2D eigenvalue weighted by Crippen LogP contribution is 2.57. The minimum Gasteiger partial charge on any atom is -0.393 e. The molecule has 0 aromatic heterocycles. The largest absolute Gasteiger partial charge is 0.393 e. The van der Waals surface area contributed by atoms with Crippen molar-refractivity contribution in [2.24, 2.45) is 11.8 Å². The SMILES string of the molecule is C[C@]12C=C[C@](CO)(O1)[C@H]1C(=O)N(c3ccccc3Cl)C(=O)[C@@H]12. The first-order valence-electron chi connectivity index (χ1n) is 7.07. The smallest absolute Gasteiger partial charge is 0.241 e. The molecule has 2 bridgehead atoms. The van der Waals surface area contributed by atoms with Crippen molar-refractivity contribution in [3.8, 4) is 0 Å². The summed E-state index contributed by atoms with van der Waals surface area (Å²) in [6, 6.07) is 6.74. The molecular formula is C16H14ClNO4. The Morgan fingerprint density at radius 2 is 1.91 bits per heavy atom. The second kappa shape index (κ2) is 4.19. The van der Waals surface area contributed by atoms with Gasteiger partial charge in [-0.2, -0.15) is 0 Å². The van der Waals surface area contributed by atoms with Crippen LogP contribution in [0.4, 0.5) is 5.69 Å². The van der Waals surface area contributed by atoms with Gasteiger partial charge in [0.2, 0.25) is 11.8 Å². The number of hydrogen-bond acceptors (Lipinski definition) is 4. The number of hydrogen-bond donors (Lipinski definition) is 1. The van der Waals surface area contributed by atoms with E-state index in [-0.39, 0.29) is 18.4 Å². The number of halogens is 1. The van der Waals surface area contributed by atoms with Crippen LogP contribution in [0.2, 0.25) is 5.02 Å². The molecule has 3 heterocycles. The van der Waals surface area contributed by atoms with Crippen molar-refractivity contribution in [2.45, 2.75) is 18.1 Å². The molecule has 4 rings (SSSR count). The summed E-state index contributed by atoms with van der Waals surface area (Å²) in [7, 11) is 0. The monoisotopic (exact) mass is 319 g/mol. The van der Waals surface area contributed by atoms with Gasteiger partial charge < -0.3 is 9.84 Å². The van der Waals surface area contributed by atoms with Gasteiger partial charge in [-0.15, -0.1) is 0 Å². The van der Waals surface area contributed by atoms with Crippen LogP contribution < -0.4 is 4.90 Å². The highest BCUT2D eigenvalue weighted by atomic mass is 35.5. The molecule has 114 valence electrons. The Morgan fingerprint density at radius 1 is 1.23 bits per heavy atom. The van der Waals surface area contributed by atoms with Crippen molar-refractivity contribution in [2.75, 3.05) is 11.5 Å². The van der Waals surface area contributed by atoms with Crippen LogP contribution in [-0.2, 0) is 14.3 Å². The Hall–Kier alpha value is -1.69. The topological polar surface area (TPSA) is 66.8 Å². The molecule has 0 spiro atoms. The first-order chi connectivity index (χ1) is 10.4. The van der Waals surface area contributed by atoms with Gasteiger partial charge >= 0.3 is 0 Å². The van der Waals surface area contributed by atoms with Gasteiger partial charge in [0, 0.05) is 0 Å². The van der Waals surface area contributed by atoms with E-state index in [0.29, 0.717) is 10.7 Å². The molecule has 2 saturated heterocycles. The van der Waals surface area contributed by atoms with Crippen molar-refractivity contribution in [1.29, 1.82) is 0 Å². The number of carbonyl (C=O) groups is 2. The number of carbonyl (C=O) groups excluding carboxylic acids is 2. The molecule has 0 aliphatic carbocycles. The fourth-order valence-corrected chi connectivity index (χ4v) is 4.13. The van der Waals surface area contributed by atoms with Gasteiger partial charge in [-0.25, -0.2) is 4.90 Å². The molecule has 0 unspecified atom stereocenters. The van der Waals surface area contributed by atoms with Crippen molar-refractivity contribution in [1.82, 2.24) is 0 Å². The maximum absolute atomic E-state index is 12.9. The van der Waals surface area contributed by atoms with Gasteiger partial charge in [0.1, 0.15) is 5.60 Å². The van der Waals surface area contributed by atoms with E-state index >= 15 is 0 Å². The minimum atomic E-state index is -1.11. The third kappa shape index (κ3) is 1.46. The standard InChI is InChI=1S/C16H14ClNO4/c1-15-6-7-16(8-19,22-15)12-11(15)13(20)18(14(12)21)10-5-3-2-4-9(10)17/h2-7,11-12,19H,8H2,1H3/t11-,12-,15-,16-/m1/s1. The number of benzene rings is 1. The van der Waals surface area contributed by atoms with E-state index in [9.17, 15) is 14.7 Å². The van der Waals surface area contributed by atoms with Crippen molar-refractivity contribution in [3.63, 3.8) is 0 Å². The van der Waals surface area contributed by atoms with E-state index in [4.69, 9.17) is 16.3 Å². The van der Waals surface area contributed by atoms with Crippen LogP contribution in [0.5, 0.6) is 0 Å². The molecule has 0 radical (unpaired) electrons. The molecule has 2 amide bonds. The molecule has 2 fully saturated rings. The summed E-state index contributed by atoms with van der Waals surface area (Å²) in [5, 5.41) is 10.1. The highest BCUT2D eigenvalue weighted by molar-refractivity contribution is 6.36. The number of anilines is 1. The summed E-state index contributed by atoms with van der Waals surface area (Å²) in [4.78, 5) is 26.9. The molecule has 1 aromatic carbocycles. The van der Waals surface area contributed by atoms with Crippen molar-refractivity contribution < 1.29 is 19.4 Å². The first kappa shape index (κ1) is 13.9. The number of fused-ring (bicyclic) bond motifs is 5. The Kier molecular flexibility index (Phi) is 2.65. The molecule has 5 nitrogen and oxygen atoms in total. The third-order valence-corrected chi connectivity index (χ3v) is 5.22. The lowest BCUT2D eigenvalue weighted by molar-refractivity contribution is -0.131. The van der Waals surface area contributed by atoms with E-state index in [1.807, 2.05) is 0 Å². The van der Waals surface area contributed by atoms with Gasteiger partial charge in [-0.05, 0) is 19.1 Å². The second-order valence-electron chi connectivity index (χ2n) is 6.15. The molecule has 1 aromatic rings. The quantitative estimate of drug-likeness (QED) is 0.663. The number of rotatable bonds is 2. The lowest BCUT2D eigenvalue weighted by atomic mass is 9.73. The zero-order chi connectivity index (χ0) is 15.7. The number of aliphatic hydroxyl groups is 1. The lowest BCUT2D eigenvalue weighted by Crippen LogP contribution is -2.43. The summed E-state index contributed by atoms with van der Waals surface area (Å²) in [5.74, 6) is -2.04. The highest BCUT2D eigenvalue weighted by Gasteiger charge is 2.72. The number of nitrogens with zero attached hydrogens (tertiary/aromatic N) is 1. The normalized spacial score (nSPS) is 39.0. The second-order valence-corrected chi connectivity index (χ2v) is 6.56. The van der Waals surface area contributed by atoms with E-state index in [1.54, 1.807) is 43.3 Å². The predicted molar refractivity (Wildman–Crippen MR) is 79.4 cm³/mol. The van der Waals surface area contributed by atoms with Crippen LogP contribution in [0.15, 0.2) is 36.4 Å². The van der Waals surface area contributed by atoms with Gasteiger partial charge in [0.15, 0.2) is 0 Å². The number of ether oxygens (including phenoxy) is 1. The summed E-state index contributed by atoms with van der Waals surface area (Å²) in [6.07, 6.45) is 3.47. The zero-order valence-electron chi connectivity index (χ0n) is 11.8. The summed E-state index contributed by atoms with van der Waals surface area (Å²) in [5.41, 5.74) is -1.59. The minimum absolute atomic E-state index is 0.328. The van der Waals surface area contributed by atoms with Crippen LogP contribution in [-0.4, -0.2) is 34.7 Å². The van der Waals surface area contributed by atoms with E-state index in [1.165, 1.54) is 0 Å². The molecule has 0 saturated carbocycles. The number of aliphatic hydroxyl groups excluding tert-OH is 1. The molecule has 22 heavy (non-hydrogen) atoms. The van der Waals surface area contributed by atoms with Crippen LogP contribution in [0, 0.1) is 11.8 Å². The van der Waals surface area contributed by atoms with Gasteiger partial charge in [-0.3, -0.25) is 9.59 Å². The van der Waals surface area contributed by atoms with Gasteiger partial charge in [0.25, 0.3) is 0 Å². The van der Waals surface area contributed by atoms with Crippen molar-refractivity contribution >= 4 is 29.1 Å². The van der Waals surface area contributed by atoms with Crippen LogP contribution >= 0.6 is 11.6 Å². The van der Waals surface area contributed by atoms with E-state index in [2.05, 4.69) is 0 Å².